The third-order valence-corrected chi connectivity index (χ3v) is 4.81. The quantitative estimate of drug-likeness (QED) is 0.616. The number of ether oxygens (including phenoxy) is 3. The van der Waals surface area contributed by atoms with Gasteiger partial charge in [0, 0.05) is 26.0 Å². The summed E-state index contributed by atoms with van der Waals surface area (Å²) in [5.41, 5.74) is 2.62. The standard InChI is InChI=1S/C23H26FNO5/c1-28-11-10-25-23(27)21-12-19(18-6-8-20(24)9-7-18)13-22(30-21)29-15-17-4-2-16(14-26)3-5-17/h2-9,12,19,22,26H,10-11,13-15H2,1H3,(H,25,27)/t19-,22+/m0/s1. The molecule has 0 unspecified atom stereocenters. The molecule has 0 fully saturated rings. The van der Waals surface area contributed by atoms with Crippen LogP contribution in [-0.2, 0) is 32.2 Å². The number of aliphatic hydroxyl groups is 1. The van der Waals surface area contributed by atoms with Crippen LogP contribution in [0, 0.1) is 5.82 Å². The zero-order valence-corrected chi connectivity index (χ0v) is 16.8. The number of allylic oxidation sites excluding steroid dienone is 1. The molecule has 0 bridgehead atoms. The highest BCUT2D eigenvalue weighted by molar-refractivity contribution is 5.91. The fourth-order valence-electron chi connectivity index (χ4n) is 3.14. The third kappa shape index (κ3) is 6.13. The highest BCUT2D eigenvalue weighted by atomic mass is 19.1. The molecule has 3 rings (SSSR count). The first-order valence-electron chi connectivity index (χ1n) is 9.80. The molecule has 0 aliphatic carbocycles. The number of halogens is 1. The molecular weight excluding hydrogens is 389 g/mol. The molecule has 2 aromatic carbocycles. The van der Waals surface area contributed by atoms with Gasteiger partial charge < -0.3 is 24.6 Å². The number of benzene rings is 2. The molecule has 0 aromatic heterocycles. The van der Waals surface area contributed by atoms with Gasteiger partial charge in [0.2, 0.25) is 6.29 Å². The summed E-state index contributed by atoms with van der Waals surface area (Å²) in [5, 5.41) is 11.9. The van der Waals surface area contributed by atoms with E-state index in [4.69, 9.17) is 19.3 Å². The van der Waals surface area contributed by atoms with Gasteiger partial charge in [-0.3, -0.25) is 4.79 Å². The number of carbonyl (C=O) groups excluding carboxylic acids is 1. The molecule has 1 heterocycles. The van der Waals surface area contributed by atoms with E-state index in [-0.39, 0.29) is 30.0 Å². The number of nitrogens with one attached hydrogen (secondary N) is 1. The Morgan fingerprint density at radius 1 is 1.17 bits per heavy atom. The fraction of sp³-hybridized carbons (Fsp3) is 0.348. The van der Waals surface area contributed by atoms with Crippen LogP contribution in [0.3, 0.4) is 0 Å². The van der Waals surface area contributed by atoms with Crippen molar-refractivity contribution in [2.24, 2.45) is 0 Å². The smallest absolute Gasteiger partial charge is 0.286 e. The molecule has 2 N–H and O–H groups in total. The van der Waals surface area contributed by atoms with Crippen molar-refractivity contribution in [3.05, 3.63) is 82.9 Å². The summed E-state index contributed by atoms with van der Waals surface area (Å²) in [5.74, 6) is -0.636. The van der Waals surface area contributed by atoms with E-state index in [1.165, 1.54) is 12.1 Å². The summed E-state index contributed by atoms with van der Waals surface area (Å²) in [6.07, 6.45) is 1.60. The van der Waals surface area contributed by atoms with E-state index in [0.717, 1.165) is 16.7 Å². The Morgan fingerprint density at radius 2 is 1.87 bits per heavy atom. The largest absolute Gasteiger partial charge is 0.459 e. The average molecular weight is 415 g/mol. The lowest BCUT2D eigenvalue weighted by Crippen LogP contribution is -2.34. The van der Waals surface area contributed by atoms with Crippen LogP contribution < -0.4 is 5.32 Å². The summed E-state index contributed by atoms with van der Waals surface area (Å²) in [6, 6.07) is 13.6. The minimum absolute atomic E-state index is 0.0153. The summed E-state index contributed by atoms with van der Waals surface area (Å²) >= 11 is 0. The second-order valence-corrected chi connectivity index (χ2v) is 7.01. The molecular formula is C23H26FNO5. The second kappa shape index (κ2) is 10.9. The Bertz CT molecular complexity index is 851. The van der Waals surface area contributed by atoms with Gasteiger partial charge in [-0.25, -0.2) is 4.39 Å². The highest BCUT2D eigenvalue weighted by Crippen LogP contribution is 2.32. The number of amides is 1. The van der Waals surface area contributed by atoms with E-state index in [1.54, 1.807) is 25.3 Å². The monoisotopic (exact) mass is 415 g/mol. The topological polar surface area (TPSA) is 77.0 Å². The lowest BCUT2D eigenvalue weighted by atomic mass is 9.93. The minimum Gasteiger partial charge on any atom is -0.459 e. The lowest BCUT2D eigenvalue weighted by Gasteiger charge is -2.29. The predicted molar refractivity (Wildman–Crippen MR) is 109 cm³/mol. The molecule has 1 aliphatic heterocycles. The van der Waals surface area contributed by atoms with Gasteiger partial charge in [0.25, 0.3) is 5.91 Å². The molecule has 1 aliphatic rings. The van der Waals surface area contributed by atoms with Gasteiger partial charge in [-0.1, -0.05) is 36.4 Å². The minimum atomic E-state index is -0.634. The number of methoxy groups -OCH3 is 1. The van der Waals surface area contributed by atoms with Crippen molar-refractivity contribution in [3.63, 3.8) is 0 Å². The zero-order chi connectivity index (χ0) is 21.3. The molecule has 160 valence electrons. The summed E-state index contributed by atoms with van der Waals surface area (Å²) in [4.78, 5) is 12.5. The van der Waals surface area contributed by atoms with Crippen molar-refractivity contribution in [1.82, 2.24) is 5.32 Å². The van der Waals surface area contributed by atoms with E-state index in [0.29, 0.717) is 26.2 Å². The van der Waals surface area contributed by atoms with Crippen molar-refractivity contribution in [2.75, 3.05) is 20.3 Å². The SMILES string of the molecule is COCCNC(=O)C1=C[C@H](c2ccc(F)cc2)C[C@H](OCc2ccc(CO)cc2)O1. The molecule has 0 spiro atoms. The lowest BCUT2D eigenvalue weighted by molar-refractivity contribution is -0.150. The van der Waals surface area contributed by atoms with Crippen molar-refractivity contribution in [3.8, 4) is 0 Å². The molecule has 6 nitrogen and oxygen atoms in total. The van der Waals surface area contributed by atoms with Crippen molar-refractivity contribution >= 4 is 5.91 Å². The number of aliphatic hydroxyl groups excluding tert-OH is 1. The van der Waals surface area contributed by atoms with Gasteiger partial charge in [-0.2, -0.15) is 0 Å². The molecule has 0 saturated carbocycles. The maximum absolute atomic E-state index is 13.3. The average Bonchev–Trinajstić information content (AvgIpc) is 2.78. The van der Waals surface area contributed by atoms with E-state index in [9.17, 15) is 9.18 Å². The van der Waals surface area contributed by atoms with Crippen LogP contribution in [0.15, 0.2) is 60.4 Å². The van der Waals surface area contributed by atoms with Crippen LogP contribution in [0.2, 0.25) is 0 Å². The van der Waals surface area contributed by atoms with Gasteiger partial charge in [-0.15, -0.1) is 0 Å². The zero-order valence-electron chi connectivity index (χ0n) is 16.8. The van der Waals surface area contributed by atoms with E-state index < -0.39 is 6.29 Å². The van der Waals surface area contributed by atoms with Crippen LogP contribution in [0.1, 0.15) is 29.0 Å². The van der Waals surface area contributed by atoms with Crippen LogP contribution >= 0.6 is 0 Å². The summed E-state index contributed by atoms with van der Waals surface area (Å²) < 4.78 is 30.0. The maximum Gasteiger partial charge on any atom is 0.286 e. The number of carbonyl (C=O) groups is 1. The molecule has 7 heteroatoms. The first-order valence-corrected chi connectivity index (χ1v) is 9.80. The third-order valence-electron chi connectivity index (χ3n) is 4.81. The molecule has 0 radical (unpaired) electrons. The number of hydrogen-bond acceptors (Lipinski definition) is 5. The molecule has 2 aromatic rings. The molecule has 2 atom stereocenters. The predicted octanol–water partition coefficient (Wildman–Crippen LogP) is 3.01. The molecule has 30 heavy (non-hydrogen) atoms. The normalized spacial score (nSPS) is 18.4. The Hall–Kier alpha value is -2.74. The van der Waals surface area contributed by atoms with Crippen LogP contribution in [0.5, 0.6) is 0 Å². The first-order chi connectivity index (χ1) is 14.6. The Morgan fingerprint density at radius 3 is 2.53 bits per heavy atom. The van der Waals surface area contributed by atoms with E-state index in [1.807, 2.05) is 24.3 Å². The second-order valence-electron chi connectivity index (χ2n) is 7.01. The van der Waals surface area contributed by atoms with Gasteiger partial charge in [-0.05, 0) is 34.9 Å². The summed E-state index contributed by atoms with van der Waals surface area (Å²) in [6.45, 7) is 1.04. The Labute approximate surface area is 175 Å². The first kappa shape index (κ1) is 22.0. The summed E-state index contributed by atoms with van der Waals surface area (Å²) in [7, 11) is 1.56. The van der Waals surface area contributed by atoms with Crippen molar-refractivity contribution < 1.29 is 28.5 Å². The van der Waals surface area contributed by atoms with Gasteiger partial charge >= 0.3 is 0 Å². The Balaban J connectivity index is 1.70. The van der Waals surface area contributed by atoms with Gasteiger partial charge in [0.05, 0.1) is 19.8 Å². The Kier molecular flexibility index (Phi) is 7.96. The van der Waals surface area contributed by atoms with Crippen LogP contribution in [0.4, 0.5) is 4.39 Å². The van der Waals surface area contributed by atoms with Gasteiger partial charge in [0.1, 0.15) is 5.82 Å². The van der Waals surface area contributed by atoms with Crippen LogP contribution in [-0.4, -0.2) is 37.6 Å². The molecule has 1 amide bonds. The number of hydrogen-bond donors (Lipinski definition) is 2. The van der Waals surface area contributed by atoms with E-state index in [2.05, 4.69) is 5.32 Å². The van der Waals surface area contributed by atoms with E-state index >= 15 is 0 Å². The van der Waals surface area contributed by atoms with Crippen LogP contribution in [0.25, 0.3) is 0 Å². The fourth-order valence-corrected chi connectivity index (χ4v) is 3.14. The number of rotatable bonds is 9. The maximum atomic E-state index is 13.3. The van der Waals surface area contributed by atoms with Crippen molar-refractivity contribution in [1.29, 1.82) is 0 Å². The van der Waals surface area contributed by atoms with Crippen molar-refractivity contribution in [2.45, 2.75) is 31.8 Å². The highest BCUT2D eigenvalue weighted by Gasteiger charge is 2.28. The van der Waals surface area contributed by atoms with Gasteiger partial charge in [0.15, 0.2) is 5.76 Å². The molecule has 0 saturated heterocycles.